The van der Waals surface area contributed by atoms with E-state index < -0.39 is 0 Å². The van der Waals surface area contributed by atoms with Crippen molar-refractivity contribution in [1.29, 1.82) is 0 Å². The molecule has 0 aromatic carbocycles. The highest BCUT2D eigenvalue weighted by Crippen LogP contribution is 1.93. The number of aromatic nitrogens is 3. The van der Waals surface area contributed by atoms with Crippen molar-refractivity contribution in [3.05, 3.63) is 48.7 Å². The van der Waals surface area contributed by atoms with E-state index in [1.54, 1.807) is 18.6 Å². The van der Waals surface area contributed by atoms with Gasteiger partial charge >= 0.3 is 5.82 Å². The fraction of sp³-hybridized carbons (Fsp3) is 0.100. The summed E-state index contributed by atoms with van der Waals surface area (Å²) in [6.07, 6.45) is 9.02. The second kappa shape index (κ2) is 3.31. The Morgan fingerprint density at radius 1 is 1.15 bits per heavy atom. The molecule has 0 fully saturated rings. The fourth-order valence-electron chi connectivity index (χ4n) is 1.08. The molecule has 0 N–H and O–H groups in total. The molecule has 2 aromatic heterocycles. The van der Waals surface area contributed by atoms with E-state index in [9.17, 15) is 0 Å². The van der Waals surface area contributed by atoms with Gasteiger partial charge in [0.25, 0.3) is 0 Å². The van der Waals surface area contributed by atoms with Gasteiger partial charge in [-0.1, -0.05) is 0 Å². The highest BCUT2D eigenvalue weighted by atomic mass is 15.0. The molecule has 0 aliphatic rings. The van der Waals surface area contributed by atoms with Crippen LogP contribution in [0.25, 0.3) is 5.82 Å². The van der Waals surface area contributed by atoms with E-state index in [1.807, 2.05) is 29.1 Å². The molecule has 0 atom stereocenters. The Morgan fingerprint density at radius 3 is 2.54 bits per heavy atom. The SMILES string of the molecule is Cc1cc[n+](-c2cnccn2)cc1. The molecule has 2 rings (SSSR count). The summed E-state index contributed by atoms with van der Waals surface area (Å²) >= 11 is 0. The van der Waals surface area contributed by atoms with E-state index >= 15 is 0 Å². The normalized spacial score (nSPS) is 9.92. The van der Waals surface area contributed by atoms with Gasteiger partial charge in [-0.05, 0) is 29.6 Å². The Balaban J connectivity index is 2.42. The maximum atomic E-state index is 4.18. The van der Waals surface area contributed by atoms with Gasteiger partial charge in [0, 0.05) is 0 Å². The second-order valence-corrected chi connectivity index (χ2v) is 2.85. The van der Waals surface area contributed by atoms with Crippen LogP contribution in [0.1, 0.15) is 5.56 Å². The van der Waals surface area contributed by atoms with Crippen LogP contribution in [0, 0.1) is 6.92 Å². The van der Waals surface area contributed by atoms with Gasteiger partial charge in [0.1, 0.15) is 6.20 Å². The van der Waals surface area contributed by atoms with Crippen molar-refractivity contribution in [3.63, 3.8) is 0 Å². The predicted octanol–water partition coefficient (Wildman–Crippen LogP) is 1.06. The summed E-state index contributed by atoms with van der Waals surface area (Å²) in [6.45, 7) is 2.06. The van der Waals surface area contributed by atoms with E-state index in [-0.39, 0.29) is 0 Å². The van der Waals surface area contributed by atoms with Crippen molar-refractivity contribution in [2.24, 2.45) is 0 Å². The summed E-state index contributed by atoms with van der Waals surface area (Å²) in [5, 5.41) is 0. The minimum Gasteiger partial charge on any atom is -0.252 e. The van der Waals surface area contributed by atoms with Gasteiger partial charge in [0.2, 0.25) is 0 Å². The Morgan fingerprint density at radius 2 is 1.92 bits per heavy atom. The largest absolute Gasteiger partial charge is 0.345 e. The van der Waals surface area contributed by atoms with Gasteiger partial charge in [-0.2, -0.15) is 0 Å². The highest BCUT2D eigenvalue weighted by Gasteiger charge is 2.03. The Hall–Kier alpha value is -1.77. The molecule has 2 aromatic rings. The van der Waals surface area contributed by atoms with Gasteiger partial charge in [-0.3, -0.25) is 4.98 Å². The third-order valence-electron chi connectivity index (χ3n) is 1.81. The van der Waals surface area contributed by atoms with Gasteiger partial charge in [-0.15, -0.1) is 0 Å². The van der Waals surface area contributed by atoms with Crippen LogP contribution in [0.5, 0.6) is 0 Å². The number of hydrogen-bond donors (Lipinski definition) is 0. The second-order valence-electron chi connectivity index (χ2n) is 2.85. The minimum absolute atomic E-state index is 0.836. The van der Waals surface area contributed by atoms with Crippen molar-refractivity contribution in [2.45, 2.75) is 6.92 Å². The summed E-state index contributed by atoms with van der Waals surface area (Å²) < 4.78 is 1.93. The van der Waals surface area contributed by atoms with Crippen LogP contribution < -0.4 is 4.57 Å². The lowest BCUT2D eigenvalue weighted by Crippen LogP contribution is -2.30. The van der Waals surface area contributed by atoms with Crippen molar-refractivity contribution in [1.82, 2.24) is 9.97 Å². The minimum atomic E-state index is 0.836. The van der Waals surface area contributed by atoms with Gasteiger partial charge in [0.15, 0.2) is 6.20 Å². The Kier molecular flexibility index (Phi) is 2.00. The predicted molar refractivity (Wildman–Crippen MR) is 48.3 cm³/mol. The lowest BCUT2D eigenvalue weighted by molar-refractivity contribution is -0.600. The highest BCUT2D eigenvalue weighted by molar-refractivity contribution is 5.07. The van der Waals surface area contributed by atoms with Crippen LogP contribution in [0.2, 0.25) is 0 Å². The molecule has 0 aliphatic carbocycles. The smallest absolute Gasteiger partial charge is 0.252 e. The molecule has 0 aliphatic heterocycles. The van der Waals surface area contributed by atoms with E-state index in [4.69, 9.17) is 0 Å². The molecule has 0 spiro atoms. The lowest BCUT2D eigenvalue weighted by Gasteiger charge is -1.94. The van der Waals surface area contributed by atoms with Gasteiger partial charge in [-0.25, -0.2) is 4.57 Å². The Bertz CT molecular complexity index is 381. The number of pyridine rings is 1. The maximum absolute atomic E-state index is 4.18. The lowest BCUT2D eigenvalue weighted by atomic mass is 10.3. The molecule has 0 bridgehead atoms. The van der Waals surface area contributed by atoms with E-state index in [1.165, 1.54) is 5.56 Å². The third kappa shape index (κ3) is 1.69. The van der Waals surface area contributed by atoms with Crippen LogP contribution in [0.3, 0.4) is 0 Å². The van der Waals surface area contributed by atoms with Crippen molar-refractivity contribution in [2.75, 3.05) is 0 Å². The van der Waals surface area contributed by atoms with E-state index in [2.05, 4.69) is 16.9 Å². The maximum Gasteiger partial charge on any atom is 0.345 e. The van der Waals surface area contributed by atoms with Crippen LogP contribution in [0.4, 0.5) is 0 Å². The number of aryl methyl sites for hydroxylation is 1. The molecule has 13 heavy (non-hydrogen) atoms. The zero-order valence-electron chi connectivity index (χ0n) is 7.38. The molecule has 0 saturated heterocycles. The molecular formula is C10H10N3+. The van der Waals surface area contributed by atoms with Gasteiger partial charge in [0.05, 0.1) is 18.6 Å². The summed E-state index contributed by atoms with van der Waals surface area (Å²) in [5.74, 6) is 0.836. The zero-order chi connectivity index (χ0) is 9.10. The third-order valence-corrected chi connectivity index (χ3v) is 1.81. The number of nitrogens with zero attached hydrogens (tertiary/aromatic N) is 3. The van der Waals surface area contributed by atoms with E-state index in [0.29, 0.717) is 0 Å². The number of hydrogen-bond acceptors (Lipinski definition) is 2. The molecule has 0 unspecified atom stereocenters. The van der Waals surface area contributed by atoms with E-state index in [0.717, 1.165) is 5.82 Å². The molecule has 3 nitrogen and oxygen atoms in total. The molecular weight excluding hydrogens is 162 g/mol. The van der Waals surface area contributed by atoms with Crippen molar-refractivity contribution >= 4 is 0 Å². The summed E-state index contributed by atoms with van der Waals surface area (Å²) in [7, 11) is 0. The molecule has 64 valence electrons. The van der Waals surface area contributed by atoms with Gasteiger partial charge < -0.3 is 0 Å². The van der Waals surface area contributed by atoms with Crippen LogP contribution in [0.15, 0.2) is 43.1 Å². The van der Waals surface area contributed by atoms with Crippen LogP contribution in [-0.4, -0.2) is 9.97 Å². The average Bonchev–Trinajstić information content (AvgIpc) is 2.20. The first-order valence-electron chi connectivity index (χ1n) is 4.10. The van der Waals surface area contributed by atoms with Crippen molar-refractivity contribution in [3.8, 4) is 5.82 Å². The topological polar surface area (TPSA) is 29.7 Å². The summed E-state index contributed by atoms with van der Waals surface area (Å²) in [6, 6.07) is 4.07. The zero-order valence-corrected chi connectivity index (χ0v) is 7.38. The molecule has 0 radical (unpaired) electrons. The first-order chi connectivity index (χ1) is 6.36. The monoisotopic (exact) mass is 172 g/mol. The average molecular weight is 172 g/mol. The molecule has 3 heteroatoms. The number of rotatable bonds is 1. The quantitative estimate of drug-likeness (QED) is 0.602. The molecule has 0 amide bonds. The first kappa shape index (κ1) is 7.86. The molecule has 2 heterocycles. The standard InChI is InChI=1S/C10H10N3/c1-9-2-6-13(7-3-9)10-8-11-4-5-12-10/h2-8H,1H3/q+1. The molecule has 0 saturated carbocycles. The Labute approximate surface area is 76.7 Å². The summed E-state index contributed by atoms with van der Waals surface area (Å²) in [5.41, 5.74) is 1.24. The first-order valence-corrected chi connectivity index (χ1v) is 4.10. The fourth-order valence-corrected chi connectivity index (χ4v) is 1.08. The van der Waals surface area contributed by atoms with Crippen molar-refractivity contribution < 1.29 is 4.57 Å². The van der Waals surface area contributed by atoms with Crippen LogP contribution in [-0.2, 0) is 0 Å². The summed E-state index contributed by atoms with van der Waals surface area (Å²) in [4.78, 5) is 8.18. The van der Waals surface area contributed by atoms with Crippen LogP contribution >= 0.6 is 0 Å².